The first-order valence-electron chi connectivity index (χ1n) is 10.3. The smallest absolute Gasteiger partial charge is 0.305 e. The van der Waals surface area contributed by atoms with Crippen LogP contribution < -0.4 is 5.32 Å². The zero-order chi connectivity index (χ0) is 21.8. The van der Waals surface area contributed by atoms with Crippen molar-refractivity contribution in [3.05, 3.63) is 48.0 Å². The lowest BCUT2D eigenvalue weighted by Gasteiger charge is -2.43. The maximum Gasteiger partial charge on any atom is 0.305 e. The molecular formula is C23H31NO6. The van der Waals surface area contributed by atoms with Crippen molar-refractivity contribution in [2.75, 3.05) is 20.3 Å². The number of carbonyl (C=O) groups is 3. The van der Waals surface area contributed by atoms with E-state index in [1.54, 1.807) is 6.92 Å². The predicted octanol–water partition coefficient (Wildman–Crippen LogP) is 2.58. The second-order valence-corrected chi connectivity index (χ2v) is 7.56. The average Bonchev–Trinajstić information content (AvgIpc) is 2.76. The molecule has 1 heterocycles. The highest BCUT2D eigenvalue weighted by Gasteiger charge is 2.39. The van der Waals surface area contributed by atoms with Crippen LogP contribution in [-0.4, -0.2) is 50.3 Å². The normalized spacial score (nSPS) is 23.8. The van der Waals surface area contributed by atoms with Crippen molar-refractivity contribution in [3.63, 3.8) is 0 Å². The Morgan fingerprint density at radius 3 is 2.73 bits per heavy atom. The third-order valence-electron chi connectivity index (χ3n) is 5.08. The Morgan fingerprint density at radius 2 is 2.03 bits per heavy atom. The molecule has 0 unspecified atom stereocenters. The van der Waals surface area contributed by atoms with Crippen LogP contribution in [0.4, 0.5) is 0 Å². The van der Waals surface area contributed by atoms with E-state index in [1.807, 2.05) is 18.2 Å². The second-order valence-electron chi connectivity index (χ2n) is 7.56. The second kappa shape index (κ2) is 12.2. The molecule has 3 atom stereocenters. The molecule has 1 aliphatic heterocycles. The van der Waals surface area contributed by atoms with E-state index in [4.69, 9.17) is 9.47 Å². The van der Waals surface area contributed by atoms with Gasteiger partial charge >= 0.3 is 5.97 Å². The molecule has 0 spiro atoms. The van der Waals surface area contributed by atoms with Gasteiger partial charge in [0.25, 0.3) is 5.91 Å². The van der Waals surface area contributed by atoms with Crippen LogP contribution in [0, 0.1) is 5.92 Å². The zero-order valence-corrected chi connectivity index (χ0v) is 17.7. The third kappa shape index (κ3) is 8.08. The number of amides is 1. The van der Waals surface area contributed by atoms with E-state index in [0.29, 0.717) is 13.0 Å². The van der Waals surface area contributed by atoms with E-state index in [2.05, 4.69) is 34.3 Å². The van der Waals surface area contributed by atoms with E-state index in [1.165, 1.54) is 7.11 Å². The minimum Gasteiger partial charge on any atom is -0.469 e. The van der Waals surface area contributed by atoms with Crippen LogP contribution >= 0.6 is 0 Å². The molecular weight excluding hydrogens is 386 g/mol. The number of rotatable bonds is 11. The molecule has 30 heavy (non-hydrogen) atoms. The predicted molar refractivity (Wildman–Crippen MR) is 112 cm³/mol. The van der Waals surface area contributed by atoms with Gasteiger partial charge in [-0.05, 0) is 38.2 Å². The maximum atomic E-state index is 11.3. The molecule has 0 aromatic heterocycles. The summed E-state index contributed by atoms with van der Waals surface area (Å²) in [6, 6.07) is 10.1. The number of methoxy groups -OCH3 is 1. The Bertz CT molecular complexity index is 720. The summed E-state index contributed by atoms with van der Waals surface area (Å²) >= 11 is 0. The van der Waals surface area contributed by atoms with Crippen LogP contribution in [0.5, 0.6) is 0 Å². The van der Waals surface area contributed by atoms with Crippen molar-refractivity contribution < 1.29 is 28.6 Å². The maximum absolute atomic E-state index is 11.3. The Hall–Kier alpha value is -2.51. The summed E-state index contributed by atoms with van der Waals surface area (Å²) in [7, 11) is 1.40. The summed E-state index contributed by atoms with van der Waals surface area (Å²) in [6.07, 6.45) is 7.79. The van der Waals surface area contributed by atoms with E-state index >= 15 is 0 Å². The number of allylic oxidation sites excluding steroid dienone is 2. The Balaban J connectivity index is 1.95. The molecule has 7 nitrogen and oxygen atoms in total. The minimum absolute atomic E-state index is 0.0981. The molecule has 0 aliphatic carbocycles. The van der Waals surface area contributed by atoms with Gasteiger partial charge in [-0.1, -0.05) is 42.5 Å². The van der Waals surface area contributed by atoms with Crippen molar-refractivity contribution in [2.24, 2.45) is 5.92 Å². The van der Waals surface area contributed by atoms with Crippen molar-refractivity contribution in [3.8, 4) is 0 Å². The molecule has 1 aromatic carbocycles. The van der Waals surface area contributed by atoms with Gasteiger partial charge in [-0.15, -0.1) is 0 Å². The highest BCUT2D eigenvalue weighted by atomic mass is 16.7. The van der Waals surface area contributed by atoms with Gasteiger partial charge in [0.05, 0.1) is 26.4 Å². The number of carbonyl (C=O) groups excluding carboxylic acids is 3. The van der Waals surface area contributed by atoms with Gasteiger partial charge in [-0.3, -0.25) is 14.4 Å². The largest absolute Gasteiger partial charge is 0.469 e. The SMILES string of the molecule is COC(=O)CCCC=CC[C@H]1CO[C@@](C)(CNC(=O)C=O)O[C@@H]1Cc1ccccc1. The van der Waals surface area contributed by atoms with E-state index < -0.39 is 11.7 Å². The average molecular weight is 418 g/mol. The summed E-state index contributed by atoms with van der Waals surface area (Å²) in [4.78, 5) is 33.0. The number of benzene rings is 1. The van der Waals surface area contributed by atoms with Gasteiger partial charge in [-0.25, -0.2) is 0 Å². The monoisotopic (exact) mass is 417 g/mol. The molecule has 2 rings (SSSR count). The van der Waals surface area contributed by atoms with Crippen molar-refractivity contribution in [1.82, 2.24) is 5.32 Å². The fraction of sp³-hybridized carbons (Fsp3) is 0.522. The van der Waals surface area contributed by atoms with Crippen LogP contribution in [0.2, 0.25) is 0 Å². The number of hydrogen-bond acceptors (Lipinski definition) is 6. The molecule has 7 heteroatoms. The Morgan fingerprint density at radius 1 is 1.27 bits per heavy atom. The van der Waals surface area contributed by atoms with Gasteiger partial charge < -0.3 is 19.5 Å². The lowest BCUT2D eigenvalue weighted by atomic mass is 9.91. The number of aldehydes is 1. The first-order chi connectivity index (χ1) is 14.5. The summed E-state index contributed by atoms with van der Waals surface area (Å²) in [5, 5.41) is 2.51. The lowest BCUT2D eigenvalue weighted by Crippen LogP contribution is -2.54. The molecule has 1 fully saturated rings. The number of ether oxygens (including phenoxy) is 3. The van der Waals surface area contributed by atoms with Crippen LogP contribution in [0.25, 0.3) is 0 Å². The first-order valence-corrected chi connectivity index (χ1v) is 10.3. The van der Waals surface area contributed by atoms with Gasteiger partial charge in [0, 0.05) is 12.3 Å². The molecule has 1 aliphatic rings. The van der Waals surface area contributed by atoms with Crippen molar-refractivity contribution >= 4 is 18.2 Å². The van der Waals surface area contributed by atoms with Crippen LogP contribution in [0.3, 0.4) is 0 Å². The fourth-order valence-corrected chi connectivity index (χ4v) is 3.35. The number of unbranched alkanes of at least 4 members (excludes halogenated alkanes) is 1. The van der Waals surface area contributed by atoms with Crippen LogP contribution in [-0.2, 0) is 35.0 Å². The first kappa shape index (κ1) is 23.8. The van der Waals surface area contributed by atoms with Crippen LogP contribution in [0.1, 0.15) is 38.2 Å². The quantitative estimate of drug-likeness (QED) is 0.196. The topological polar surface area (TPSA) is 90.9 Å². The molecule has 0 radical (unpaired) electrons. The van der Waals surface area contributed by atoms with E-state index in [9.17, 15) is 14.4 Å². The molecule has 1 amide bonds. The van der Waals surface area contributed by atoms with Gasteiger partial charge in [0.2, 0.25) is 6.29 Å². The summed E-state index contributed by atoms with van der Waals surface area (Å²) < 4.78 is 16.8. The summed E-state index contributed by atoms with van der Waals surface area (Å²) in [6.45, 7) is 2.36. The molecule has 1 saturated heterocycles. The molecule has 164 valence electrons. The third-order valence-corrected chi connectivity index (χ3v) is 5.08. The zero-order valence-electron chi connectivity index (χ0n) is 17.7. The highest BCUT2D eigenvalue weighted by molar-refractivity contribution is 6.23. The van der Waals surface area contributed by atoms with Gasteiger partial charge in [0.1, 0.15) is 0 Å². The number of nitrogens with one attached hydrogen (secondary N) is 1. The van der Waals surface area contributed by atoms with Gasteiger partial charge in [-0.2, -0.15) is 0 Å². The number of hydrogen-bond donors (Lipinski definition) is 1. The highest BCUT2D eigenvalue weighted by Crippen LogP contribution is 2.30. The van der Waals surface area contributed by atoms with Crippen LogP contribution in [0.15, 0.2) is 42.5 Å². The molecule has 1 aromatic rings. The minimum atomic E-state index is -0.987. The molecule has 1 N–H and O–H groups in total. The Labute approximate surface area is 177 Å². The summed E-state index contributed by atoms with van der Waals surface area (Å²) in [5.41, 5.74) is 1.16. The lowest BCUT2D eigenvalue weighted by molar-refractivity contribution is -0.297. The van der Waals surface area contributed by atoms with Gasteiger partial charge in [0.15, 0.2) is 5.79 Å². The van der Waals surface area contributed by atoms with Crippen molar-refractivity contribution in [1.29, 1.82) is 0 Å². The fourth-order valence-electron chi connectivity index (χ4n) is 3.35. The standard InChI is InChI=1S/C23H31NO6/c1-23(17-24-21(26)15-25)29-16-19(12-8-3-4-9-13-22(27)28-2)20(30-23)14-18-10-6-5-7-11-18/h3,5-8,10-11,15,19-20H,4,9,12-14,16-17H2,1-2H3,(H,24,26)/t19-,20+,23+/m0/s1. The molecule has 0 bridgehead atoms. The Kier molecular flexibility index (Phi) is 9.70. The summed E-state index contributed by atoms with van der Waals surface area (Å²) in [5.74, 6) is -1.72. The van der Waals surface area contributed by atoms with E-state index in [0.717, 1.165) is 31.2 Å². The number of esters is 1. The molecule has 0 saturated carbocycles. The van der Waals surface area contributed by atoms with Crippen molar-refractivity contribution in [2.45, 2.75) is 50.9 Å². The van der Waals surface area contributed by atoms with E-state index in [-0.39, 0.29) is 30.8 Å².